The van der Waals surface area contributed by atoms with Crippen molar-refractivity contribution in [2.45, 2.75) is 193 Å². The van der Waals surface area contributed by atoms with Gasteiger partial charge in [-0.15, -0.1) is 0 Å². The highest BCUT2D eigenvalue weighted by Crippen LogP contribution is 2.43. The molecule has 9 heteroatoms. The molecule has 2 unspecified atom stereocenters. The number of quaternary nitrogens is 1. The second kappa shape index (κ2) is 45.3. The van der Waals surface area contributed by atoms with Gasteiger partial charge >= 0.3 is 13.8 Å². The number of hydrogen-bond donors (Lipinski definition) is 1. The maximum atomic E-state index is 12.8. The average Bonchev–Trinajstić information content (AvgIpc) is 3.23. The number of esters is 1. The number of ether oxygens (including phenoxy) is 2. The molecule has 0 saturated carbocycles. The van der Waals surface area contributed by atoms with Crippen LogP contribution in [0.3, 0.4) is 0 Å². The second-order valence-electron chi connectivity index (χ2n) is 17.5. The highest BCUT2D eigenvalue weighted by Gasteiger charge is 2.26. The van der Waals surface area contributed by atoms with E-state index in [-0.39, 0.29) is 25.8 Å². The van der Waals surface area contributed by atoms with E-state index in [1.165, 1.54) is 77.0 Å². The Labute approximate surface area is 382 Å². The van der Waals surface area contributed by atoms with Crippen molar-refractivity contribution in [1.29, 1.82) is 0 Å². The zero-order chi connectivity index (χ0) is 45.5. The van der Waals surface area contributed by atoms with Gasteiger partial charge in [0.15, 0.2) is 0 Å². The van der Waals surface area contributed by atoms with Gasteiger partial charge in [-0.1, -0.05) is 176 Å². The normalized spacial score (nSPS) is 14.4. The van der Waals surface area contributed by atoms with E-state index < -0.39 is 13.9 Å². The molecule has 0 heterocycles. The van der Waals surface area contributed by atoms with E-state index >= 15 is 0 Å². The zero-order valence-corrected chi connectivity index (χ0v) is 41.5. The van der Waals surface area contributed by atoms with Gasteiger partial charge in [-0.3, -0.25) is 13.8 Å². The summed E-state index contributed by atoms with van der Waals surface area (Å²) in [5.41, 5.74) is 0. The predicted octanol–water partition coefficient (Wildman–Crippen LogP) is 15.2. The molecule has 0 rings (SSSR count). The van der Waals surface area contributed by atoms with Crippen LogP contribution in [0.25, 0.3) is 0 Å². The molecule has 0 fully saturated rings. The van der Waals surface area contributed by atoms with E-state index in [0.717, 1.165) is 89.9 Å². The van der Waals surface area contributed by atoms with Gasteiger partial charge in [0.05, 0.1) is 34.4 Å². The standard InChI is InChI=1S/C53H94NO7P/c1-6-8-10-12-14-16-18-20-22-24-26-27-28-30-32-34-36-38-40-42-44-46-53(55)61-52(51-60-62(56,57)59-49-47-54(3,4)5)50-58-48-45-43-41-39-37-35-33-31-29-25-23-21-19-17-15-13-11-9-7-2/h8,10,14,16-17,19-20,22-23,25-27,30,32,52H,6-7,9,11-13,15,18,21,24,28-29,31,33-51H2,1-5H3/p+1/b10-8-,16-14-,19-17-,22-20-,25-23-,27-26-,32-30-. The molecule has 0 bridgehead atoms. The molecule has 0 spiro atoms. The fourth-order valence-electron chi connectivity index (χ4n) is 6.37. The first-order valence-corrected chi connectivity index (χ1v) is 26.3. The summed E-state index contributed by atoms with van der Waals surface area (Å²) in [7, 11) is 1.64. The quantitative estimate of drug-likeness (QED) is 0.0214. The van der Waals surface area contributed by atoms with Crippen LogP contribution in [0, 0.1) is 0 Å². The van der Waals surface area contributed by atoms with Crippen molar-refractivity contribution in [1.82, 2.24) is 0 Å². The third-order valence-corrected chi connectivity index (χ3v) is 11.2. The molecule has 0 aromatic rings. The zero-order valence-electron chi connectivity index (χ0n) is 40.6. The Kier molecular flexibility index (Phi) is 43.6. The van der Waals surface area contributed by atoms with Crippen LogP contribution in [-0.4, -0.2) is 75.6 Å². The van der Waals surface area contributed by atoms with Crippen LogP contribution in [0.4, 0.5) is 0 Å². The van der Waals surface area contributed by atoms with Crippen LogP contribution < -0.4 is 0 Å². The fraction of sp³-hybridized carbons (Fsp3) is 0.717. The maximum Gasteiger partial charge on any atom is 0.472 e. The van der Waals surface area contributed by atoms with E-state index in [1.54, 1.807) is 0 Å². The van der Waals surface area contributed by atoms with E-state index in [1.807, 2.05) is 21.1 Å². The molecular weight excluding hydrogens is 794 g/mol. The molecule has 0 aliphatic heterocycles. The molecule has 1 N–H and O–H groups in total. The van der Waals surface area contributed by atoms with Crippen molar-refractivity contribution in [2.75, 3.05) is 54.1 Å². The molecular formula is C53H95NO7P+. The number of rotatable bonds is 45. The van der Waals surface area contributed by atoms with Gasteiger partial charge in [0.25, 0.3) is 0 Å². The third kappa shape index (κ3) is 48.7. The lowest BCUT2D eigenvalue weighted by molar-refractivity contribution is -0.870. The summed E-state index contributed by atoms with van der Waals surface area (Å²) in [5.74, 6) is -0.337. The summed E-state index contributed by atoms with van der Waals surface area (Å²) in [4.78, 5) is 23.0. The number of phosphoric acid groups is 1. The minimum Gasteiger partial charge on any atom is -0.457 e. The smallest absolute Gasteiger partial charge is 0.457 e. The molecule has 358 valence electrons. The van der Waals surface area contributed by atoms with Crippen molar-refractivity contribution in [2.24, 2.45) is 0 Å². The Bertz CT molecular complexity index is 1260. The van der Waals surface area contributed by atoms with E-state index in [9.17, 15) is 14.3 Å². The number of hydrogen-bond acceptors (Lipinski definition) is 6. The van der Waals surface area contributed by atoms with Gasteiger partial charge in [0.2, 0.25) is 0 Å². The molecule has 0 aliphatic carbocycles. The topological polar surface area (TPSA) is 91.3 Å². The van der Waals surface area contributed by atoms with E-state index in [2.05, 4.69) is 98.9 Å². The van der Waals surface area contributed by atoms with Crippen LogP contribution in [0.5, 0.6) is 0 Å². The molecule has 8 nitrogen and oxygen atoms in total. The predicted molar refractivity (Wildman–Crippen MR) is 265 cm³/mol. The van der Waals surface area contributed by atoms with Crippen LogP contribution in [0.15, 0.2) is 85.1 Å². The molecule has 0 amide bonds. The lowest BCUT2D eigenvalue weighted by atomic mass is 10.1. The van der Waals surface area contributed by atoms with Crippen LogP contribution >= 0.6 is 7.82 Å². The number of phosphoric ester groups is 1. The number of likely N-dealkylation sites (N-methyl/N-ethyl adjacent to an activating group) is 1. The summed E-state index contributed by atoms with van der Waals surface area (Å²) in [6, 6.07) is 0. The first-order chi connectivity index (χ1) is 30.1. The SMILES string of the molecule is CC/C=C\C/C=C\C/C=C\C/C=C\C/C=C\CCCCCCCC(=O)OC(COCCCCCCCCCC/C=C\C/C=C\CCCCCC)COP(=O)(O)OCC[N+](C)(C)C. The number of carbonyl (C=O) groups is 1. The largest absolute Gasteiger partial charge is 0.472 e. The average molecular weight is 889 g/mol. The first-order valence-electron chi connectivity index (χ1n) is 24.8. The van der Waals surface area contributed by atoms with Crippen LogP contribution in [-0.2, 0) is 27.9 Å². The number of nitrogens with zero attached hydrogens (tertiary/aromatic N) is 1. The fourth-order valence-corrected chi connectivity index (χ4v) is 7.12. The van der Waals surface area contributed by atoms with Gasteiger partial charge in [0.1, 0.15) is 19.3 Å². The molecule has 0 aromatic carbocycles. The summed E-state index contributed by atoms with van der Waals surface area (Å²) in [6.45, 7) is 5.44. The van der Waals surface area contributed by atoms with Crippen molar-refractivity contribution in [3.8, 4) is 0 Å². The number of carbonyl (C=O) groups excluding carboxylic acids is 1. The summed E-state index contributed by atoms with van der Waals surface area (Å²) < 4.78 is 35.1. The first kappa shape index (κ1) is 59.7. The monoisotopic (exact) mass is 889 g/mol. The molecule has 0 aromatic heterocycles. The molecule has 0 aliphatic rings. The molecule has 0 saturated heterocycles. The Morgan fingerprint density at radius 3 is 1.40 bits per heavy atom. The van der Waals surface area contributed by atoms with Gasteiger partial charge in [0, 0.05) is 13.0 Å². The molecule has 2 atom stereocenters. The van der Waals surface area contributed by atoms with Crippen molar-refractivity contribution in [3.05, 3.63) is 85.1 Å². The third-order valence-electron chi connectivity index (χ3n) is 10.2. The Morgan fingerprint density at radius 2 is 0.935 bits per heavy atom. The summed E-state index contributed by atoms with van der Waals surface area (Å²) >= 11 is 0. The maximum absolute atomic E-state index is 12.8. The highest BCUT2D eigenvalue weighted by molar-refractivity contribution is 7.47. The van der Waals surface area contributed by atoms with Gasteiger partial charge in [-0.2, -0.15) is 0 Å². The molecule has 0 radical (unpaired) electrons. The lowest BCUT2D eigenvalue weighted by Gasteiger charge is -2.24. The summed E-state index contributed by atoms with van der Waals surface area (Å²) in [5, 5.41) is 0. The van der Waals surface area contributed by atoms with Gasteiger partial charge in [-0.25, -0.2) is 4.57 Å². The highest BCUT2D eigenvalue weighted by atomic mass is 31.2. The lowest BCUT2D eigenvalue weighted by Crippen LogP contribution is -2.37. The van der Waals surface area contributed by atoms with Crippen LogP contribution in [0.2, 0.25) is 0 Å². The van der Waals surface area contributed by atoms with E-state index in [4.69, 9.17) is 18.5 Å². The minimum atomic E-state index is -4.29. The number of allylic oxidation sites excluding steroid dienone is 14. The van der Waals surface area contributed by atoms with Gasteiger partial charge < -0.3 is 18.9 Å². The molecule has 62 heavy (non-hydrogen) atoms. The Hall–Kier alpha value is -2.32. The Morgan fingerprint density at radius 1 is 0.516 bits per heavy atom. The minimum absolute atomic E-state index is 0.0787. The summed E-state index contributed by atoms with van der Waals surface area (Å²) in [6.07, 6.45) is 60.5. The van der Waals surface area contributed by atoms with Crippen molar-refractivity contribution >= 4 is 13.8 Å². The number of unbranched alkanes of at least 4 members (excludes halogenated alkanes) is 17. The van der Waals surface area contributed by atoms with E-state index in [0.29, 0.717) is 24.1 Å². The Balaban J connectivity index is 4.25. The second-order valence-corrected chi connectivity index (χ2v) is 18.9. The van der Waals surface area contributed by atoms with Crippen LogP contribution in [0.1, 0.15) is 187 Å². The van der Waals surface area contributed by atoms with Crippen molar-refractivity contribution < 1.29 is 37.3 Å². The van der Waals surface area contributed by atoms with Gasteiger partial charge in [-0.05, 0) is 89.9 Å². The van der Waals surface area contributed by atoms with Crippen molar-refractivity contribution in [3.63, 3.8) is 0 Å².